The Morgan fingerprint density at radius 2 is 1.83 bits per heavy atom. The number of halogens is 1. The normalized spacial score (nSPS) is 11.1. The number of esters is 1. The predicted molar refractivity (Wildman–Crippen MR) is 72.4 cm³/mol. The van der Waals surface area contributed by atoms with Crippen LogP contribution in [-0.4, -0.2) is 24.1 Å². The lowest BCUT2D eigenvalue weighted by Crippen LogP contribution is -2.23. The maximum absolute atomic E-state index is 11.8. The zero-order chi connectivity index (χ0) is 13.6. The van der Waals surface area contributed by atoms with Gasteiger partial charge in [0.25, 0.3) is 0 Å². The van der Waals surface area contributed by atoms with Gasteiger partial charge in [-0.3, -0.25) is 0 Å². The average Bonchev–Trinajstić information content (AvgIpc) is 2.28. The Hall–Kier alpha value is -1.22. The lowest BCUT2D eigenvalue weighted by Gasteiger charge is -2.19. The number of carbonyl (C=O) groups excluding carboxylic acids is 1. The molecule has 1 rings (SSSR count). The number of carbonyl (C=O) groups is 1. The summed E-state index contributed by atoms with van der Waals surface area (Å²) in [7, 11) is 0. The van der Waals surface area contributed by atoms with Crippen molar-refractivity contribution in [1.29, 1.82) is 0 Å². The highest BCUT2D eigenvalue weighted by Crippen LogP contribution is 2.16. The molecule has 0 aliphatic carbocycles. The van der Waals surface area contributed by atoms with Crippen LogP contribution in [0.25, 0.3) is 0 Å². The lowest BCUT2D eigenvalue weighted by atomic mass is 10.1. The van der Waals surface area contributed by atoms with Crippen LogP contribution in [-0.2, 0) is 4.74 Å². The molecule has 0 saturated heterocycles. The van der Waals surface area contributed by atoms with E-state index in [0.717, 1.165) is 12.2 Å². The van der Waals surface area contributed by atoms with Crippen molar-refractivity contribution in [3.8, 4) is 5.75 Å². The lowest BCUT2D eigenvalue weighted by molar-refractivity contribution is 0.00695. The summed E-state index contributed by atoms with van der Waals surface area (Å²) in [4.78, 5) is 11.8. The van der Waals surface area contributed by atoms with Crippen LogP contribution in [0.4, 0.5) is 0 Å². The Morgan fingerprint density at radius 1 is 1.22 bits per heavy atom. The van der Waals surface area contributed by atoms with Gasteiger partial charge >= 0.3 is 5.97 Å². The molecule has 0 radical (unpaired) electrons. The third-order valence-corrected chi connectivity index (χ3v) is 2.30. The predicted octanol–water partition coefficient (Wildman–Crippen LogP) is 3.65. The first-order valence-corrected chi connectivity index (χ1v) is 6.48. The molecule has 100 valence electrons. The summed E-state index contributed by atoms with van der Waals surface area (Å²) in [6.07, 6.45) is 0.801. The van der Waals surface area contributed by atoms with Gasteiger partial charge < -0.3 is 9.47 Å². The smallest absolute Gasteiger partial charge is 0.338 e. The second kappa shape index (κ2) is 6.64. The van der Waals surface area contributed by atoms with E-state index in [9.17, 15) is 4.79 Å². The van der Waals surface area contributed by atoms with Crippen molar-refractivity contribution in [1.82, 2.24) is 0 Å². The van der Waals surface area contributed by atoms with Crippen molar-refractivity contribution in [3.63, 3.8) is 0 Å². The first kappa shape index (κ1) is 14.8. The highest BCUT2D eigenvalue weighted by atomic mass is 35.5. The number of ether oxygens (including phenoxy) is 2. The minimum Gasteiger partial charge on any atom is -0.494 e. The van der Waals surface area contributed by atoms with E-state index in [1.54, 1.807) is 24.3 Å². The molecule has 3 nitrogen and oxygen atoms in total. The van der Waals surface area contributed by atoms with Crippen molar-refractivity contribution in [2.45, 2.75) is 32.8 Å². The summed E-state index contributed by atoms with van der Waals surface area (Å²) in [5, 5.41) is 0. The zero-order valence-corrected chi connectivity index (χ0v) is 11.8. The Kier molecular flexibility index (Phi) is 5.48. The van der Waals surface area contributed by atoms with Crippen molar-refractivity contribution in [2.24, 2.45) is 0 Å². The van der Waals surface area contributed by atoms with E-state index >= 15 is 0 Å². The molecule has 0 aliphatic heterocycles. The van der Waals surface area contributed by atoms with Gasteiger partial charge in [-0.25, -0.2) is 4.79 Å². The van der Waals surface area contributed by atoms with Gasteiger partial charge in [0.1, 0.15) is 11.4 Å². The second-order valence-electron chi connectivity index (χ2n) is 4.92. The summed E-state index contributed by atoms with van der Waals surface area (Å²) < 4.78 is 10.7. The van der Waals surface area contributed by atoms with E-state index in [1.165, 1.54) is 0 Å². The average molecular weight is 271 g/mol. The van der Waals surface area contributed by atoms with E-state index in [0.29, 0.717) is 18.1 Å². The van der Waals surface area contributed by atoms with Crippen molar-refractivity contribution >= 4 is 17.6 Å². The topological polar surface area (TPSA) is 35.5 Å². The molecule has 0 aromatic heterocycles. The number of benzene rings is 1. The molecular formula is C14H19ClO3. The Morgan fingerprint density at radius 3 is 2.33 bits per heavy atom. The highest BCUT2D eigenvalue weighted by Gasteiger charge is 2.17. The number of alkyl halides is 1. The second-order valence-corrected chi connectivity index (χ2v) is 5.30. The molecule has 0 amide bonds. The third kappa shape index (κ3) is 5.41. The first-order valence-electron chi connectivity index (χ1n) is 5.94. The third-order valence-electron chi connectivity index (χ3n) is 2.04. The number of hydrogen-bond acceptors (Lipinski definition) is 3. The molecule has 0 aliphatic rings. The van der Waals surface area contributed by atoms with Crippen LogP contribution in [0.3, 0.4) is 0 Å². The van der Waals surface area contributed by atoms with E-state index in [4.69, 9.17) is 21.1 Å². The molecule has 0 N–H and O–H groups in total. The molecule has 1 aromatic carbocycles. The Labute approximate surface area is 113 Å². The SMILES string of the molecule is CC(C)(C)OC(=O)c1ccc(OCCCCl)cc1. The van der Waals surface area contributed by atoms with Crippen LogP contribution < -0.4 is 4.74 Å². The number of hydrogen-bond donors (Lipinski definition) is 0. The summed E-state index contributed by atoms with van der Waals surface area (Å²) >= 11 is 5.55. The molecule has 4 heteroatoms. The Balaban J connectivity index is 2.57. The van der Waals surface area contributed by atoms with Gasteiger partial charge in [0.2, 0.25) is 0 Å². The van der Waals surface area contributed by atoms with Crippen molar-refractivity contribution < 1.29 is 14.3 Å². The Bertz CT molecular complexity index is 379. The van der Waals surface area contributed by atoms with Crippen molar-refractivity contribution in [3.05, 3.63) is 29.8 Å². The molecule has 1 aromatic rings. The van der Waals surface area contributed by atoms with Gasteiger partial charge in [-0.15, -0.1) is 11.6 Å². The summed E-state index contributed by atoms with van der Waals surface area (Å²) in [5.41, 5.74) is 0.0432. The molecule has 0 bridgehead atoms. The summed E-state index contributed by atoms with van der Waals surface area (Å²) in [6.45, 7) is 6.10. The van der Waals surface area contributed by atoms with Crippen LogP contribution in [0, 0.1) is 0 Å². The quantitative estimate of drug-likeness (QED) is 0.465. The minimum atomic E-state index is -0.480. The van der Waals surface area contributed by atoms with Gasteiger partial charge in [-0.1, -0.05) is 0 Å². The fourth-order valence-corrected chi connectivity index (χ4v) is 1.38. The van der Waals surface area contributed by atoms with Crippen LogP contribution >= 0.6 is 11.6 Å². The standard InChI is InChI=1S/C14H19ClO3/c1-14(2,3)18-13(16)11-5-7-12(8-6-11)17-10-4-9-15/h5-8H,4,9-10H2,1-3H3. The van der Waals surface area contributed by atoms with Gasteiger partial charge in [-0.2, -0.15) is 0 Å². The van der Waals surface area contributed by atoms with Gasteiger partial charge in [0.15, 0.2) is 0 Å². The van der Waals surface area contributed by atoms with Crippen LogP contribution in [0.15, 0.2) is 24.3 Å². The fourth-order valence-electron chi connectivity index (χ4n) is 1.27. The molecule has 0 atom stereocenters. The maximum Gasteiger partial charge on any atom is 0.338 e. The van der Waals surface area contributed by atoms with Crippen molar-refractivity contribution in [2.75, 3.05) is 12.5 Å². The van der Waals surface area contributed by atoms with E-state index < -0.39 is 5.60 Å². The minimum absolute atomic E-state index is 0.324. The van der Waals surface area contributed by atoms with Crippen LogP contribution in [0.5, 0.6) is 5.75 Å². The van der Waals surface area contributed by atoms with E-state index in [-0.39, 0.29) is 5.97 Å². The van der Waals surface area contributed by atoms with Crippen LogP contribution in [0.1, 0.15) is 37.6 Å². The highest BCUT2D eigenvalue weighted by molar-refractivity contribution is 6.17. The molecule has 0 saturated carbocycles. The zero-order valence-electron chi connectivity index (χ0n) is 11.0. The molecule has 0 spiro atoms. The molecule has 0 unspecified atom stereocenters. The molecule has 18 heavy (non-hydrogen) atoms. The first-order chi connectivity index (χ1) is 8.42. The monoisotopic (exact) mass is 270 g/mol. The van der Waals surface area contributed by atoms with Gasteiger partial charge in [0, 0.05) is 5.88 Å². The summed E-state index contributed by atoms with van der Waals surface area (Å²) in [5.74, 6) is 0.984. The molecular weight excluding hydrogens is 252 g/mol. The fraction of sp³-hybridized carbons (Fsp3) is 0.500. The molecule has 0 fully saturated rings. The van der Waals surface area contributed by atoms with Gasteiger partial charge in [0.05, 0.1) is 12.2 Å². The largest absolute Gasteiger partial charge is 0.494 e. The summed E-state index contributed by atoms with van der Waals surface area (Å²) in [6, 6.07) is 6.91. The number of rotatable bonds is 5. The molecule has 0 heterocycles. The van der Waals surface area contributed by atoms with E-state index in [1.807, 2.05) is 20.8 Å². The van der Waals surface area contributed by atoms with Crippen LogP contribution in [0.2, 0.25) is 0 Å². The van der Waals surface area contributed by atoms with E-state index in [2.05, 4.69) is 0 Å². The maximum atomic E-state index is 11.8. The van der Waals surface area contributed by atoms with Gasteiger partial charge in [-0.05, 0) is 51.5 Å².